The van der Waals surface area contributed by atoms with Gasteiger partial charge < -0.3 is 10.6 Å². The first kappa shape index (κ1) is 23.9. The summed E-state index contributed by atoms with van der Waals surface area (Å²) in [7, 11) is 0. The van der Waals surface area contributed by atoms with E-state index in [1.165, 1.54) is 6.92 Å². The summed E-state index contributed by atoms with van der Waals surface area (Å²) in [6, 6.07) is -1.72. The Kier molecular flexibility index (Phi) is 6.96. The fourth-order valence-corrected chi connectivity index (χ4v) is 5.25. The number of hydrogen-bond acceptors (Lipinski definition) is 2. The first-order chi connectivity index (χ1) is 14.4. The minimum Gasteiger partial charge on any atom is -0.353 e. The minimum atomic E-state index is -4.97. The number of carbonyl (C=O) groups excluding carboxylic acids is 2. The van der Waals surface area contributed by atoms with Crippen molar-refractivity contribution in [1.82, 2.24) is 10.6 Å². The van der Waals surface area contributed by atoms with Gasteiger partial charge in [0, 0.05) is 35.9 Å². The molecule has 6 unspecified atom stereocenters. The van der Waals surface area contributed by atoms with Crippen LogP contribution >= 0.6 is 0 Å². The number of halogens is 6. The van der Waals surface area contributed by atoms with E-state index < -0.39 is 77.5 Å². The van der Waals surface area contributed by atoms with Crippen LogP contribution in [0.4, 0.5) is 26.3 Å². The van der Waals surface area contributed by atoms with Gasteiger partial charge in [0.2, 0.25) is 11.8 Å². The zero-order chi connectivity index (χ0) is 23.1. The van der Waals surface area contributed by atoms with Crippen LogP contribution in [0, 0.1) is 17.8 Å². The lowest BCUT2D eigenvalue weighted by Crippen LogP contribution is -2.56. The van der Waals surface area contributed by atoms with Crippen molar-refractivity contribution in [2.45, 2.75) is 89.1 Å². The van der Waals surface area contributed by atoms with Crippen LogP contribution in [0.5, 0.6) is 0 Å². The van der Waals surface area contributed by atoms with Gasteiger partial charge in [0.25, 0.3) is 0 Å². The van der Waals surface area contributed by atoms with E-state index in [1.54, 1.807) is 0 Å². The average Bonchev–Trinajstić information content (AvgIpc) is 2.65. The lowest BCUT2D eigenvalue weighted by atomic mass is 9.72. The van der Waals surface area contributed by atoms with Crippen molar-refractivity contribution in [2.75, 3.05) is 0 Å². The maximum Gasteiger partial charge on any atom is 0.413 e. The number of alkyl halides is 6. The highest BCUT2D eigenvalue weighted by atomic mass is 19.4. The van der Waals surface area contributed by atoms with Gasteiger partial charge in [-0.2, -0.15) is 13.2 Å². The molecule has 176 valence electrons. The molecular formula is C21H28F6N2O2. The van der Waals surface area contributed by atoms with Crippen LogP contribution in [0.25, 0.3) is 0 Å². The fraction of sp³-hybridized carbons (Fsp3) is 0.810. The van der Waals surface area contributed by atoms with E-state index in [9.17, 15) is 35.9 Å². The average molecular weight is 454 g/mol. The van der Waals surface area contributed by atoms with E-state index in [-0.39, 0.29) is 32.1 Å². The standard InChI is InChI=1S/C21H28F6N2O2/c1-9(19(30)28-10(2)12-7-6-11(22)8-14(12)24)16-18(21(25,26)27)17-13(23)4-3-5-15(17)29-20(16)31/h9-15,17H,3-8H2,1-2H3,(H,28,30)(H,29,31)/t9-,10-,11?,12?,13?,14?,15?,17?/m0/s1. The molecule has 0 aromatic carbocycles. The monoisotopic (exact) mass is 454 g/mol. The molecule has 2 fully saturated rings. The van der Waals surface area contributed by atoms with Crippen LogP contribution in [0.15, 0.2) is 11.1 Å². The van der Waals surface area contributed by atoms with Crippen molar-refractivity contribution >= 4 is 11.8 Å². The number of fused-ring (bicyclic) bond motifs is 1. The van der Waals surface area contributed by atoms with E-state index in [4.69, 9.17) is 0 Å². The molecule has 2 amide bonds. The van der Waals surface area contributed by atoms with Crippen molar-refractivity contribution in [1.29, 1.82) is 0 Å². The third-order valence-electron chi connectivity index (χ3n) is 6.91. The van der Waals surface area contributed by atoms with E-state index in [1.807, 2.05) is 0 Å². The van der Waals surface area contributed by atoms with Crippen molar-refractivity contribution in [2.24, 2.45) is 17.8 Å². The molecule has 8 atom stereocenters. The summed E-state index contributed by atoms with van der Waals surface area (Å²) in [5, 5.41) is 4.94. The lowest BCUT2D eigenvalue weighted by Gasteiger charge is -2.42. The largest absolute Gasteiger partial charge is 0.413 e. The Labute approximate surface area is 177 Å². The molecule has 0 spiro atoms. The Morgan fingerprint density at radius 2 is 1.74 bits per heavy atom. The molecule has 0 bridgehead atoms. The van der Waals surface area contributed by atoms with E-state index in [0.717, 1.165) is 6.92 Å². The number of hydrogen-bond donors (Lipinski definition) is 2. The van der Waals surface area contributed by atoms with Crippen LogP contribution in [0.1, 0.15) is 52.4 Å². The fourth-order valence-electron chi connectivity index (χ4n) is 5.25. The molecule has 1 heterocycles. The molecule has 0 radical (unpaired) electrons. The van der Waals surface area contributed by atoms with Gasteiger partial charge >= 0.3 is 6.18 Å². The molecule has 3 rings (SSSR count). The molecule has 1 aliphatic heterocycles. The van der Waals surface area contributed by atoms with Crippen molar-refractivity contribution < 1.29 is 35.9 Å². The van der Waals surface area contributed by atoms with E-state index >= 15 is 0 Å². The first-order valence-electron chi connectivity index (χ1n) is 10.8. The van der Waals surface area contributed by atoms with Crippen LogP contribution in [-0.2, 0) is 9.59 Å². The number of carbonyl (C=O) groups is 2. The van der Waals surface area contributed by atoms with Gasteiger partial charge in [0.05, 0.1) is 11.5 Å². The predicted octanol–water partition coefficient (Wildman–Crippen LogP) is 4.10. The summed E-state index contributed by atoms with van der Waals surface area (Å²) in [6.45, 7) is 2.67. The Balaban J connectivity index is 1.85. The summed E-state index contributed by atoms with van der Waals surface area (Å²) >= 11 is 0. The second-order valence-electron chi connectivity index (χ2n) is 8.99. The minimum absolute atomic E-state index is 0.0450. The molecule has 3 aliphatic rings. The van der Waals surface area contributed by atoms with Gasteiger partial charge in [-0.25, -0.2) is 13.2 Å². The Bertz CT molecular complexity index is 740. The molecule has 0 aromatic rings. The molecule has 2 N–H and O–H groups in total. The molecule has 0 aromatic heterocycles. The molecule has 2 aliphatic carbocycles. The van der Waals surface area contributed by atoms with Crippen molar-refractivity contribution in [3.63, 3.8) is 0 Å². The summed E-state index contributed by atoms with van der Waals surface area (Å²) in [4.78, 5) is 25.3. The van der Waals surface area contributed by atoms with Gasteiger partial charge in [0.15, 0.2) is 0 Å². The molecule has 4 nitrogen and oxygen atoms in total. The highest BCUT2D eigenvalue weighted by Crippen LogP contribution is 2.46. The second-order valence-corrected chi connectivity index (χ2v) is 8.99. The molecule has 31 heavy (non-hydrogen) atoms. The van der Waals surface area contributed by atoms with Crippen LogP contribution in [-0.4, -0.2) is 48.6 Å². The first-order valence-corrected chi connectivity index (χ1v) is 10.8. The molecule has 10 heteroatoms. The van der Waals surface area contributed by atoms with Gasteiger partial charge in [0.1, 0.15) is 18.5 Å². The SMILES string of the molecule is C[C@H](C(=O)N[C@@H](C)C1CCC(F)CC1F)C1=C(C(F)(F)F)C2C(F)CCCC2NC1=O. The molecular weight excluding hydrogens is 426 g/mol. The summed E-state index contributed by atoms with van der Waals surface area (Å²) < 4.78 is 84.0. The van der Waals surface area contributed by atoms with Gasteiger partial charge in [-0.3, -0.25) is 9.59 Å². The third kappa shape index (κ3) is 4.87. The van der Waals surface area contributed by atoms with Crippen molar-refractivity contribution in [3.8, 4) is 0 Å². The van der Waals surface area contributed by atoms with Gasteiger partial charge in [-0.05, 0) is 46.0 Å². The number of amides is 2. The summed E-state index contributed by atoms with van der Waals surface area (Å²) in [5.41, 5.74) is -2.06. The Hall–Kier alpha value is -1.74. The van der Waals surface area contributed by atoms with Gasteiger partial charge in [-0.1, -0.05) is 0 Å². The number of rotatable bonds is 4. The van der Waals surface area contributed by atoms with Crippen molar-refractivity contribution in [3.05, 3.63) is 11.1 Å². The highest BCUT2D eigenvalue weighted by Gasteiger charge is 2.53. The lowest BCUT2D eigenvalue weighted by molar-refractivity contribution is -0.133. The van der Waals surface area contributed by atoms with Crippen LogP contribution in [0.2, 0.25) is 0 Å². The second kappa shape index (κ2) is 9.02. The van der Waals surface area contributed by atoms with Crippen LogP contribution < -0.4 is 10.6 Å². The smallest absolute Gasteiger partial charge is 0.353 e. The van der Waals surface area contributed by atoms with Crippen LogP contribution in [0.3, 0.4) is 0 Å². The predicted molar refractivity (Wildman–Crippen MR) is 101 cm³/mol. The zero-order valence-corrected chi connectivity index (χ0v) is 17.4. The van der Waals surface area contributed by atoms with Gasteiger partial charge in [-0.15, -0.1) is 0 Å². The topological polar surface area (TPSA) is 58.2 Å². The maximum absolute atomic E-state index is 14.5. The van der Waals surface area contributed by atoms with E-state index in [2.05, 4.69) is 10.6 Å². The summed E-state index contributed by atoms with van der Waals surface area (Å²) in [6.07, 6.45) is -8.87. The molecule has 0 saturated heterocycles. The third-order valence-corrected chi connectivity index (χ3v) is 6.91. The quantitative estimate of drug-likeness (QED) is 0.629. The number of nitrogens with one attached hydrogen (secondary N) is 2. The molecule has 2 saturated carbocycles. The van der Waals surface area contributed by atoms with E-state index in [0.29, 0.717) is 6.42 Å². The Morgan fingerprint density at radius 1 is 1.06 bits per heavy atom. The zero-order valence-electron chi connectivity index (χ0n) is 17.4. The normalized spacial score (nSPS) is 36.3. The summed E-state index contributed by atoms with van der Waals surface area (Å²) in [5.74, 6) is -5.64. The maximum atomic E-state index is 14.5. The Morgan fingerprint density at radius 3 is 2.35 bits per heavy atom. The highest BCUT2D eigenvalue weighted by molar-refractivity contribution is 6.02.